The summed E-state index contributed by atoms with van der Waals surface area (Å²) in [4.78, 5) is 23.1. The SMILES string of the molecule is COc1cc(-n2cccn2)cc(OC)c1OC.COc1ccc(C2=C(CO)C(C)(C(=O)O)CC(C(=O)O)=C2)cc1O. The van der Waals surface area contributed by atoms with E-state index in [0.29, 0.717) is 22.8 Å². The lowest BCUT2D eigenvalue weighted by Gasteiger charge is -2.33. The molecule has 12 nitrogen and oxygen atoms in total. The highest BCUT2D eigenvalue weighted by Crippen LogP contribution is 2.45. The van der Waals surface area contributed by atoms with Crippen molar-refractivity contribution in [2.75, 3.05) is 35.0 Å². The standard InChI is InChI=1S/C17H18O7.C12H14N2O3/c1-17(16(22)23)7-10(15(20)21)5-11(12(17)8-18)9-3-4-14(24-2)13(19)6-9;1-15-10-7-9(14-6-4-5-13-14)8-11(16-2)12(10)17-3/h3-6,18-19H,7-8H2,1-2H3,(H,20,21)(H,22,23);4-8H,1-3H3. The quantitative estimate of drug-likeness (QED) is 0.298. The number of phenols is 1. The van der Waals surface area contributed by atoms with E-state index in [1.807, 2.05) is 24.4 Å². The van der Waals surface area contributed by atoms with Gasteiger partial charge in [-0.15, -0.1) is 0 Å². The molecule has 0 fully saturated rings. The molecule has 0 bridgehead atoms. The number of rotatable bonds is 9. The molecule has 12 heteroatoms. The number of hydrogen-bond acceptors (Lipinski definition) is 9. The van der Waals surface area contributed by atoms with E-state index in [4.69, 9.17) is 18.9 Å². The molecule has 0 saturated heterocycles. The minimum Gasteiger partial charge on any atom is -0.504 e. The number of phenolic OH excluding ortho intramolecular Hbond substituents is 1. The molecule has 41 heavy (non-hydrogen) atoms. The molecule has 4 N–H and O–H groups in total. The normalized spacial score (nSPS) is 16.2. The van der Waals surface area contributed by atoms with Crippen LogP contribution in [0.4, 0.5) is 0 Å². The average molecular weight is 569 g/mol. The van der Waals surface area contributed by atoms with Crippen LogP contribution in [-0.4, -0.2) is 77.2 Å². The number of aliphatic hydroxyl groups excluding tert-OH is 1. The fourth-order valence-corrected chi connectivity index (χ4v) is 4.44. The number of allylic oxidation sites excluding steroid dienone is 2. The van der Waals surface area contributed by atoms with E-state index in [1.54, 1.807) is 38.3 Å². The minimum absolute atomic E-state index is 0.0811. The molecule has 1 heterocycles. The summed E-state index contributed by atoms with van der Waals surface area (Å²) < 4.78 is 22.5. The van der Waals surface area contributed by atoms with Crippen molar-refractivity contribution in [2.24, 2.45) is 5.41 Å². The van der Waals surface area contributed by atoms with Gasteiger partial charge in [-0.05, 0) is 54.3 Å². The molecule has 0 spiro atoms. The van der Waals surface area contributed by atoms with Crippen molar-refractivity contribution in [1.29, 1.82) is 0 Å². The van der Waals surface area contributed by atoms with E-state index in [0.717, 1.165) is 5.69 Å². The summed E-state index contributed by atoms with van der Waals surface area (Å²) in [5.41, 5.74) is 0.0611. The molecule has 1 aliphatic carbocycles. The van der Waals surface area contributed by atoms with Crippen molar-refractivity contribution in [2.45, 2.75) is 13.3 Å². The smallest absolute Gasteiger partial charge is 0.331 e. The summed E-state index contributed by atoms with van der Waals surface area (Å²) in [6.07, 6.45) is 4.66. The summed E-state index contributed by atoms with van der Waals surface area (Å²) in [7, 11) is 6.14. The number of aromatic hydroxyl groups is 1. The number of aromatic nitrogens is 2. The van der Waals surface area contributed by atoms with Gasteiger partial charge < -0.3 is 39.4 Å². The summed E-state index contributed by atoms with van der Waals surface area (Å²) >= 11 is 0. The molecular formula is C29H32N2O10. The minimum atomic E-state index is -1.55. The number of hydrogen-bond donors (Lipinski definition) is 4. The lowest BCUT2D eigenvalue weighted by molar-refractivity contribution is -0.146. The van der Waals surface area contributed by atoms with Gasteiger partial charge in [0.2, 0.25) is 5.75 Å². The maximum absolute atomic E-state index is 11.7. The first-order valence-corrected chi connectivity index (χ1v) is 12.2. The number of benzene rings is 2. The van der Waals surface area contributed by atoms with Crippen LogP contribution in [0, 0.1) is 5.41 Å². The van der Waals surface area contributed by atoms with Crippen molar-refractivity contribution in [3.05, 3.63) is 71.6 Å². The van der Waals surface area contributed by atoms with Crippen LogP contribution in [0.1, 0.15) is 18.9 Å². The van der Waals surface area contributed by atoms with Crippen LogP contribution in [0.25, 0.3) is 11.3 Å². The van der Waals surface area contributed by atoms with Crippen LogP contribution in [0.3, 0.4) is 0 Å². The fourth-order valence-electron chi connectivity index (χ4n) is 4.44. The molecule has 1 atom stereocenters. The van der Waals surface area contributed by atoms with E-state index in [2.05, 4.69) is 5.10 Å². The van der Waals surface area contributed by atoms with E-state index in [1.165, 1.54) is 32.2 Å². The van der Waals surface area contributed by atoms with Gasteiger partial charge in [0.15, 0.2) is 23.0 Å². The number of carbonyl (C=O) groups is 2. The molecule has 1 aromatic heterocycles. The first-order valence-electron chi connectivity index (χ1n) is 12.2. The number of aliphatic hydroxyl groups is 1. The zero-order chi connectivity index (χ0) is 30.3. The molecule has 0 radical (unpaired) electrons. The van der Waals surface area contributed by atoms with Crippen LogP contribution >= 0.6 is 0 Å². The first kappa shape index (κ1) is 30.6. The van der Waals surface area contributed by atoms with E-state index in [9.17, 15) is 30.0 Å². The predicted octanol–water partition coefficient (Wildman–Crippen LogP) is 3.55. The van der Waals surface area contributed by atoms with Crippen molar-refractivity contribution >= 4 is 17.5 Å². The van der Waals surface area contributed by atoms with Crippen LogP contribution < -0.4 is 18.9 Å². The molecule has 3 aromatic rings. The predicted molar refractivity (Wildman–Crippen MR) is 148 cm³/mol. The van der Waals surface area contributed by atoms with E-state index < -0.39 is 24.0 Å². The summed E-state index contributed by atoms with van der Waals surface area (Å²) in [5, 5.41) is 42.7. The Hall–Kier alpha value is -4.97. The van der Waals surface area contributed by atoms with Crippen LogP contribution in [0.5, 0.6) is 28.7 Å². The Labute approximate surface area is 236 Å². The third-order valence-electron chi connectivity index (χ3n) is 6.67. The highest BCUT2D eigenvalue weighted by Gasteiger charge is 2.43. The largest absolute Gasteiger partial charge is 0.504 e. The summed E-state index contributed by atoms with van der Waals surface area (Å²) in [6, 6.07) is 9.92. The van der Waals surface area contributed by atoms with Crippen molar-refractivity contribution in [1.82, 2.24) is 9.78 Å². The fraction of sp³-hybridized carbons (Fsp3) is 0.276. The number of carboxylic acid groups (broad SMARTS) is 2. The summed E-state index contributed by atoms with van der Waals surface area (Å²) in [5.74, 6) is -0.610. The zero-order valence-electron chi connectivity index (χ0n) is 23.2. The van der Waals surface area contributed by atoms with Gasteiger partial charge in [0.05, 0.1) is 46.1 Å². The zero-order valence-corrected chi connectivity index (χ0v) is 23.2. The van der Waals surface area contributed by atoms with Crippen molar-refractivity contribution < 1.29 is 49.0 Å². The lowest BCUT2D eigenvalue weighted by Crippen LogP contribution is -2.35. The Kier molecular flexibility index (Phi) is 9.63. The monoisotopic (exact) mass is 568 g/mol. The molecule has 0 aliphatic heterocycles. The van der Waals surface area contributed by atoms with Gasteiger partial charge in [0.25, 0.3) is 0 Å². The Morgan fingerprint density at radius 3 is 2.05 bits per heavy atom. The van der Waals surface area contributed by atoms with Crippen LogP contribution in [-0.2, 0) is 9.59 Å². The van der Waals surface area contributed by atoms with Gasteiger partial charge in [-0.25, -0.2) is 9.48 Å². The molecule has 218 valence electrons. The number of ether oxygens (including phenoxy) is 4. The van der Waals surface area contributed by atoms with Gasteiger partial charge in [0.1, 0.15) is 0 Å². The van der Waals surface area contributed by atoms with Crippen molar-refractivity contribution in [3.8, 4) is 34.4 Å². The van der Waals surface area contributed by atoms with Crippen molar-refractivity contribution in [3.63, 3.8) is 0 Å². The Bertz CT molecular complexity index is 1450. The second-order valence-electron chi connectivity index (χ2n) is 9.06. The molecule has 1 unspecified atom stereocenters. The van der Waals surface area contributed by atoms with E-state index in [-0.39, 0.29) is 34.6 Å². The molecule has 0 amide bonds. The third kappa shape index (κ3) is 6.28. The first-order chi connectivity index (χ1) is 19.5. The van der Waals surface area contributed by atoms with Gasteiger partial charge in [-0.1, -0.05) is 6.07 Å². The Balaban J connectivity index is 0.000000239. The highest BCUT2D eigenvalue weighted by molar-refractivity contribution is 5.97. The van der Waals surface area contributed by atoms with E-state index >= 15 is 0 Å². The number of carboxylic acids is 2. The third-order valence-corrected chi connectivity index (χ3v) is 6.67. The van der Waals surface area contributed by atoms with Crippen LogP contribution in [0.2, 0.25) is 0 Å². The second-order valence-corrected chi connectivity index (χ2v) is 9.06. The molecule has 2 aromatic carbocycles. The second kappa shape index (κ2) is 12.9. The van der Waals surface area contributed by atoms with Gasteiger partial charge in [-0.3, -0.25) is 4.79 Å². The molecule has 4 rings (SSSR count). The topological polar surface area (TPSA) is 170 Å². The van der Waals surface area contributed by atoms with Crippen LogP contribution in [0.15, 0.2) is 66.0 Å². The van der Waals surface area contributed by atoms with Gasteiger partial charge in [-0.2, -0.15) is 5.10 Å². The average Bonchev–Trinajstić information content (AvgIpc) is 3.51. The Morgan fingerprint density at radius 1 is 0.976 bits per heavy atom. The lowest BCUT2D eigenvalue weighted by atomic mass is 9.70. The molecule has 0 saturated carbocycles. The summed E-state index contributed by atoms with van der Waals surface area (Å²) in [6.45, 7) is 0.828. The number of nitrogens with zero attached hydrogens (tertiary/aromatic N) is 2. The van der Waals surface area contributed by atoms with Gasteiger partial charge >= 0.3 is 11.9 Å². The maximum Gasteiger partial charge on any atom is 0.331 e. The Morgan fingerprint density at radius 2 is 1.61 bits per heavy atom. The number of methoxy groups -OCH3 is 4. The molecular weight excluding hydrogens is 536 g/mol. The highest BCUT2D eigenvalue weighted by atomic mass is 16.5. The maximum atomic E-state index is 11.7. The van der Waals surface area contributed by atoms with Gasteiger partial charge in [0, 0.05) is 30.1 Å². The molecule has 1 aliphatic rings. The number of aliphatic carboxylic acids is 2.